The van der Waals surface area contributed by atoms with Crippen molar-refractivity contribution in [3.8, 4) is 0 Å². The van der Waals surface area contributed by atoms with Gasteiger partial charge in [0.25, 0.3) is 0 Å². The van der Waals surface area contributed by atoms with E-state index in [0.717, 1.165) is 24.0 Å². The molecule has 1 aliphatic carbocycles. The maximum Gasteiger partial charge on any atom is 0.416 e. The molecule has 1 aromatic rings. The summed E-state index contributed by atoms with van der Waals surface area (Å²) in [6.45, 7) is 2.62. The normalized spacial score (nSPS) is 26.7. The molecule has 0 radical (unpaired) electrons. The molecule has 0 spiro atoms. The molecule has 1 N–H and O–H groups in total. The van der Waals surface area contributed by atoms with Crippen LogP contribution >= 0.6 is 0 Å². The zero-order chi connectivity index (χ0) is 11.6. The van der Waals surface area contributed by atoms with Crippen LogP contribution in [0.3, 0.4) is 0 Å². The molecule has 0 amide bonds. The fourth-order valence-corrected chi connectivity index (χ4v) is 1.89. The fourth-order valence-electron chi connectivity index (χ4n) is 1.89. The van der Waals surface area contributed by atoms with E-state index in [1.807, 2.05) is 0 Å². The Hall–Kier alpha value is -1.03. The summed E-state index contributed by atoms with van der Waals surface area (Å²) in [6.07, 6.45) is -2.69. The van der Waals surface area contributed by atoms with Crippen LogP contribution in [0.25, 0.3) is 0 Å². The van der Waals surface area contributed by atoms with Gasteiger partial charge in [-0.1, -0.05) is 30.3 Å². The minimum absolute atomic E-state index is 0.602. The van der Waals surface area contributed by atoms with Crippen molar-refractivity contribution in [1.29, 1.82) is 0 Å². The van der Waals surface area contributed by atoms with Gasteiger partial charge in [0.05, 0.1) is 5.56 Å². The largest absolute Gasteiger partial charge is 0.416 e. The first-order chi connectivity index (χ1) is 7.57. The number of alkyl halides is 3. The molecule has 88 valence electrons. The molecule has 2 aliphatic rings. The Morgan fingerprint density at radius 2 is 1.56 bits per heavy atom. The quantitative estimate of drug-likeness (QED) is 0.721. The summed E-state index contributed by atoms with van der Waals surface area (Å²) in [5, 5.41) is 3.32. The first kappa shape index (κ1) is 11.5. The van der Waals surface area contributed by atoms with Gasteiger partial charge in [-0.2, -0.15) is 13.2 Å². The number of nitrogens with one attached hydrogen (secondary N) is 1. The molecule has 1 heterocycles. The second-order valence-electron chi connectivity index (χ2n) is 4.28. The summed E-state index contributed by atoms with van der Waals surface area (Å²) < 4.78 is 35.4. The average Bonchev–Trinajstić information content (AvgIpc) is 2.87. The molecule has 1 saturated heterocycles. The Bertz CT molecular complexity index is 326. The number of benzene rings is 1. The molecule has 2 atom stereocenters. The summed E-state index contributed by atoms with van der Waals surface area (Å²) in [6, 6.07) is 6.36. The predicted molar refractivity (Wildman–Crippen MR) is 55.9 cm³/mol. The summed E-state index contributed by atoms with van der Waals surface area (Å²) >= 11 is 0. The van der Waals surface area contributed by atoms with E-state index in [4.69, 9.17) is 0 Å². The van der Waals surface area contributed by atoms with Gasteiger partial charge in [-0.15, -0.1) is 0 Å². The molecule has 1 aromatic carbocycles. The Balaban J connectivity index is 0.000000134. The maximum atomic E-state index is 11.8. The van der Waals surface area contributed by atoms with Gasteiger partial charge < -0.3 is 5.32 Å². The monoisotopic (exact) mass is 229 g/mol. The van der Waals surface area contributed by atoms with Crippen molar-refractivity contribution in [3.05, 3.63) is 35.9 Å². The SMILES string of the molecule is C1NCC2CC12.FC(F)(F)c1ccccc1. The van der Waals surface area contributed by atoms with E-state index in [9.17, 15) is 13.2 Å². The van der Waals surface area contributed by atoms with Crippen molar-refractivity contribution < 1.29 is 13.2 Å². The summed E-state index contributed by atoms with van der Waals surface area (Å²) in [7, 11) is 0. The van der Waals surface area contributed by atoms with E-state index in [1.54, 1.807) is 6.07 Å². The standard InChI is InChI=1S/C7H5F3.C5H9N/c8-7(9,10)6-4-2-1-3-5-6;1-4-2-6-3-5(1)4/h1-5H;4-6H,1-3H2. The third-order valence-electron chi connectivity index (χ3n) is 2.98. The summed E-state index contributed by atoms with van der Waals surface area (Å²) in [5.74, 6) is 2.20. The molecule has 2 fully saturated rings. The fraction of sp³-hybridized carbons (Fsp3) is 0.500. The van der Waals surface area contributed by atoms with Gasteiger partial charge in [-0.25, -0.2) is 0 Å². The number of fused-ring (bicyclic) bond motifs is 1. The molecule has 3 rings (SSSR count). The molecular formula is C12H14F3N. The van der Waals surface area contributed by atoms with Gasteiger partial charge in [-0.3, -0.25) is 0 Å². The van der Waals surface area contributed by atoms with E-state index >= 15 is 0 Å². The Morgan fingerprint density at radius 1 is 1.00 bits per heavy atom. The van der Waals surface area contributed by atoms with E-state index in [-0.39, 0.29) is 0 Å². The second-order valence-corrected chi connectivity index (χ2v) is 4.28. The molecule has 1 saturated carbocycles. The Morgan fingerprint density at radius 3 is 1.81 bits per heavy atom. The number of piperidine rings is 1. The zero-order valence-corrected chi connectivity index (χ0v) is 8.80. The van der Waals surface area contributed by atoms with E-state index in [0.29, 0.717) is 0 Å². The zero-order valence-electron chi connectivity index (χ0n) is 8.80. The van der Waals surface area contributed by atoms with E-state index in [1.165, 1.54) is 31.6 Å². The van der Waals surface area contributed by atoms with E-state index < -0.39 is 11.7 Å². The van der Waals surface area contributed by atoms with Crippen LogP contribution in [-0.4, -0.2) is 13.1 Å². The van der Waals surface area contributed by atoms with Crippen molar-refractivity contribution >= 4 is 0 Å². The van der Waals surface area contributed by atoms with Crippen molar-refractivity contribution in [2.24, 2.45) is 11.8 Å². The van der Waals surface area contributed by atoms with Gasteiger partial charge in [-0.05, 0) is 31.3 Å². The highest BCUT2D eigenvalue weighted by Crippen LogP contribution is 2.40. The molecule has 1 nitrogen and oxygen atoms in total. The lowest BCUT2D eigenvalue weighted by atomic mass is 10.2. The summed E-state index contributed by atoms with van der Waals surface area (Å²) in [5.41, 5.74) is -0.602. The molecule has 16 heavy (non-hydrogen) atoms. The van der Waals surface area contributed by atoms with E-state index in [2.05, 4.69) is 5.32 Å². The van der Waals surface area contributed by atoms with Gasteiger partial charge in [0.15, 0.2) is 0 Å². The topological polar surface area (TPSA) is 12.0 Å². The van der Waals surface area contributed by atoms with Crippen molar-refractivity contribution in [2.45, 2.75) is 12.6 Å². The lowest BCUT2D eigenvalue weighted by molar-refractivity contribution is -0.137. The first-order valence-corrected chi connectivity index (χ1v) is 5.40. The van der Waals surface area contributed by atoms with Crippen LogP contribution in [0.15, 0.2) is 30.3 Å². The van der Waals surface area contributed by atoms with Crippen LogP contribution in [0.4, 0.5) is 13.2 Å². The highest BCUT2D eigenvalue weighted by Gasteiger charge is 2.40. The maximum absolute atomic E-state index is 11.8. The van der Waals surface area contributed by atoms with Gasteiger partial charge >= 0.3 is 6.18 Å². The third-order valence-corrected chi connectivity index (χ3v) is 2.98. The van der Waals surface area contributed by atoms with Crippen molar-refractivity contribution in [2.75, 3.05) is 13.1 Å². The number of halogens is 3. The smallest absolute Gasteiger partial charge is 0.316 e. The number of hydrogen-bond donors (Lipinski definition) is 1. The molecular weight excluding hydrogens is 215 g/mol. The molecule has 4 heteroatoms. The Labute approximate surface area is 92.7 Å². The van der Waals surface area contributed by atoms with Crippen LogP contribution in [0, 0.1) is 11.8 Å². The van der Waals surface area contributed by atoms with Crippen LogP contribution in [0.5, 0.6) is 0 Å². The lowest BCUT2D eigenvalue weighted by Gasteiger charge is -2.03. The minimum Gasteiger partial charge on any atom is -0.316 e. The molecule has 0 aromatic heterocycles. The van der Waals surface area contributed by atoms with Gasteiger partial charge in [0.2, 0.25) is 0 Å². The van der Waals surface area contributed by atoms with Crippen LogP contribution in [0.2, 0.25) is 0 Å². The minimum atomic E-state index is -4.21. The van der Waals surface area contributed by atoms with Crippen LogP contribution in [0.1, 0.15) is 12.0 Å². The third kappa shape index (κ3) is 2.98. The highest BCUT2D eigenvalue weighted by molar-refractivity contribution is 5.17. The molecule has 1 aliphatic heterocycles. The Kier molecular flexibility index (Phi) is 3.19. The lowest BCUT2D eigenvalue weighted by Crippen LogP contribution is -2.10. The second kappa shape index (κ2) is 4.45. The average molecular weight is 229 g/mol. The highest BCUT2D eigenvalue weighted by atomic mass is 19.4. The van der Waals surface area contributed by atoms with Crippen molar-refractivity contribution in [3.63, 3.8) is 0 Å². The van der Waals surface area contributed by atoms with Gasteiger partial charge in [0.1, 0.15) is 0 Å². The van der Waals surface area contributed by atoms with Gasteiger partial charge in [0, 0.05) is 0 Å². The van der Waals surface area contributed by atoms with Crippen molar-refractivity contribution in [1.82, 2.24) is 5.32 Å². The molecule has 0 bridgehead atoms. The van der Waals surface area contributed by atoms with Crippen LogP contribution in [-0.2, 0) is 6.18 Å². The first-order valence-electron chi connectivity index (χ1n) is 5.40. The predicted octanol–water partition coefficient (Wildman–Crippen LogP) is 2.93. The molecule has 2 unspecified atom stereocenters. The number of hydrogen-bond acceptors (Lipinski definition) is 1. The van der Waals surface area contributed by atoms with Crippen LogP contribution < -0.4 is 5.32 Å². The number of rotatable bonds is 0. The summed E-state index contributed by atoms with van der Waals surface area (Å²) in [4.78, 5) is 0.